The van der Waals surface area contributed by atoms with Gasteiger partial charge in [-0.3, -0.25) is 0 Å². The minimum Gasteiger partial charge on any atom is -0.339 e. The highest BCUT2D eigenvalue weighted by Gasteiger charge is 2.30. The zero-order valence-electron chi connectivity index (χ0n) is 17.6. The van der Waals surface area contributed by atoms with Crippen LogP contribution in [0.5, 0.6) is 0 Å². The number of nitrogens with zero attached hydrogens (tertiary/aromatic N) is 5. The van der Waals surface area contributed by atoms with Crippen molar-refractivity contribution in [1.29, 1.82) is 5.26 Å². The highest BCUT2D eigenvalue weighted by Crippen LogP contribution is 2.18. The molecule has 166 valence electrons. The Kier molecular flexibility index (Phi) is 7.25. The normalized spacial score (nSPS) is 15.1. The molecule has 0 saturated carbocycles. The molecule has 0 atom stereocenters. The lowest BCUT2D eigenvalue weighted by molar-refractivity contribution is 0.172. The summed E-state index contributed by atoms with van der Waals surface area (Å²) < 4.78 is 32.1. The number of nitrogens with one attached hydrogen (secondary N) is 1. The number of aryl methyl sites for hydroxylation is 1. The minimum absolute atomic E-state index is 0.144. The van der Waals surface area contributed by atoms with E-state index < -0.39 is 10.0 Å². The Bertz CT molecular complexity index is 1030. The van der Waals surface area contributed by atoms with Crippen molar-refractivity contribution in [3.63, 3.8) is 0 Å². The first-order valence-electron chi connectivity index (χ1n) is 10.2. The number of piperazine rings is 1. The van der Waals surface area contributed by atoms with Gasteiger partial charge in [0.15, 0.2) is 5.82 Å². The molecule has 2 heterocycles. The topological polar surface area (TPSA) is 132 Å². The molecule has 1 aromatic carbocycles. The SMILES string of the molecule is CC(C)c1noc(CCCNC(=O)N2CCN(S(=O)(=O)c3ccc(C#N)cc3)CC2)n1. The number of carbonyl (C=O) groups is 1. The van der Waals surface area contributed by atoms with E-state index in [2.05, 4.69) is 15.5 Å². The second-order valence-electron chi connectivity index (χ2n) is 7.56. The lowest BCUT2D eigenvalue weighted by atomic mass is 10.2. The fourth-order valence-electron chi connectivity index (χ4n) is 3.13. The molecule has 0 spiro atoms. The highest BCUT2D eigenvalue weighted by atomic mass is 32.2. The third-order valence-electron chi connectivity index (χ3n) is 4.99. The Morgan fingerprint density at radius 1 is 1.23 bits per heavy atom. The smallest absolute Gasteiger partial charge is 0.317 e. The van der Waals surface area contributed by atoms with Gasteiger partial charge in [0.1, 0.15) is 0 Å². The Morgan fingerprint density at radius 2 is 1.90 bits per heavy atom. The summed E-state index contributed by atoms with van der Waals surface area (Å²) in [6.45, 7) is 5.49. The molecule has 2 aromatic rings. The molecule has 1 aliphatic heterocycles. The number of hydrogen-bond acceptors (Lipinski definition) is 7. The van der Waals surface area contributed by atoms with Crippen LogP contribution in [0.2, 0.25) is 0 Å². The number of rotatable bonds is 7. The van der Waals surface area contributed by atoms with Gasteiger partial charge in [0.05, 0.1) is 16.5 Å². The van der Waals surface area contributed by atoms with E-state index in [0.717, 1.165) is 0 Å². The molecule has 1 saturated heterocycles. The molecular weight excluding hydrogens is 420 g/mol. The van der Waals surface area contributed by atoms with E-state index in [1.807, 2.05) is 19.9 Å². The van der Waals surface area contributed by atoms with Crippen LogP contribution in [0.15, 0.2) is 33.7 Å². The van der Waals surface area contributed by atoms with Crippen LogP contribution in [-0.4, -0.2) is 66.5 Å². The van der Waals surface area contributed by atoms with Crippen LogP contribution in [0, 0.1) is 11.3 Å². The fourth-order valence-corrected chi connectivity index (χ4v) is 4.56. The molecule has 0 aliphatic carbocycles. The summed E-state index contributed by atoms with van der Waals surface area (Å²) in [4.78, 5) is 18.4. The van der Waals surface area contributed by atoms with Gasteiger partial charge >= 0.3 is 6.03 Å². The summed E-state index contributed by atoms with van der Waals surface area (Å²) in [6.07, 6.45) is 1.25. The summed E-state index contributed by atoms with van der Waals surface area (Å²) in [5.74, 6) is 1.43. The van der Waals surface area contributed by atoms with Crippen molar-refractivity contribution in [3.05, 3.63) is 41.5 Å². The van der Waals surface area contributed by atoms with Crippen molar-refractivity contribution in [1.82, 2.24) is 24.7 Å². The van der Waals surface area contributed by atoms with Crippen LogP contribution in [0.25, 0.3) is 0 Å². The van der Waals surface area contributed by atoms with Crippen molar-refractivity contribution in [3.8, 4) is 6.07 Å². The maximum atomic E-state index is 12.8. The van der Waals surface area contributed by atoms with E-state index in [1.54, 1.807) is 4.90 Å². The largest absolute Gasteiger partial charge is 0.339 e. The summed E-state index contributed by atoms with van der Waals surface area (Å²) >= 11 is 0. The second kappa shape index (κ2) is 9.89. The van der Waals surface area contributed by atoms with Crippen molar-refractivity contribution in [2.45, 2.75) is 37.5 Å². The second-order valence-corrected chi connectivity index (χ2v) is 9.50. The van der Waals surface area contributed by atoms with Gasteiger partial charge in [0.25, 0.3) is 0 Å². The van der Waals surface area contributed by atoms with Crippen LogP contribution < -0.4 is 5.32 Å². The maximum absolute atomic E-state index is 12.8. The van der Waals surface area contributed by atoms with Crippen molar-refractivity contribution < 1.29 is 17.7 Å². The van der Waals surface area contributed by atoms with Gasteiger partial charge in [-0.05, 0) is 30.7 Å². The van der Waals surface area contributed by atoms with Gasteiger partial charge in [-0.25, -0.2) is 13.2 Å². The number of hydrogen-bond donors (Lipinski definition) is 1. The molecule has 0 radical (unpaired) electrons. The van der Waals surface area contributed by atoms with Crippen LogP contribution >= 0.6 is 0 Å². The average Bonchev–Trinajstić information content (AvgIpc) is 3.26. The number of amides is 2. The predicted molar refractivity (Wildman–Crippen MR) is 112 cm³/mol. The van der Waals surface area contributed by atoms with E-state index in [9.17, 15) is 13.2 Å². The molecular formula is C20H26N6O4S. The zero-order valence-corrected chi connectivity index (χ0v) is 18.4. The Hall–Kier alpha value is -2.97. The first-order valence-corrected chi connectivity index (χ1v) is 11.6. The molecule has 0 bridgehead atoms. The standard InChI is InChI=1S/C20H26N6O4S/c1-15(2)19-23-18(30-24-19)4-3-9-22-20(27)25-10-12-26(13-11-25)31(28,29)17-7-5-16(14-21)6-8-17/h5-8,15H,3-4,9-13H2,1-2H3,(H,22,27). The third-order valence-corrected chi connectivity index (χ3v) is 6.90. The Morgan fingerprint density at radius 3 is 2.48 bits per heavy atom. The number of sulfonamides is 1. The maximum Gasteiger partial charge on any atom is 0.317 e. The van der Waals surface area contributed by atoms with Crippen molar-refractivity contribution >= 4 is 16.1 Å². The average molecular weight is 447 g/mol. The monoisotopic (exact) mass is 446 g/mol. The van der Waals surface area contributed by atoms with Gasteiger partial charge in [-0.2, -0.15) is 14.6 Å². The Labute approximate surface area is 181 Å². The predicted octanol–water partition coefficient (Wildman–Crippen LogP) is 1.71. The van der Waals surface area contributed by atoms with Gasteiger partial charge in [0, 0.05) is 45.1 Å². The summed E-state index contributed by atoms with van der Waals surface area (Å²) in [7, 11) is -3.65. The number of carbonyl (C=O) groups excluding carboxylic acids is 1. The molecule has 1 fully saturated rings. The van der Waals surface area contributed by atoms with E-state index in [-0.39, 0.29) is 29.9 Å². The molecule has 31 heavy (non-hydrogen) atoms. The van der Waals surface area contributed by atoms with Crippen LogP contribution in [0.3, 0.4) is 0 Å². The quantitative estimate of drug-likeness (QED) is 0.640. The van der Waals surface area contributed by atoms with Crippen LogP contribution in [0.1, 0.15) is 43.5 Å². The third kappa shape index (κ3) is 5.59. The summed E-state index contributed by atoms with van der Waals surface area (Å²) in [5.41, 5.74) is 0.403. The zero-order chi connectivity index (χ0) is 22.4. The van der Waals surface area contributed by atoms with E-state index >= 15 is 0 Å². The number of aromatic nitrogens is 2. The van der Waals surface area contributed by atoms with E-state index in [1.165, 1.54) is 28.6 Å². The first-order chi connectivity index (χ1) is 14.8. The molecule has 1 aliphatic rings. The molecule has 10 nitrogen and oxygen atoms in total. The summed E-state index contributed by atoms with van der Waals surface area (Å²) in [6, 6.07) is 7.57. The summed E-state index contributed by atoms with van der Waals surface area (Å²) in [5, 5.41) is 15.6. The molecule has 1 N–H and O–H groups in total. The van der Waals surface area contributed by atoms with Gasteiger partial charge in [0.2, 0.25) is 15.9 Å². The first kappa shape index (κ1) is 22.7. The van der Waals surface area contributed by atoms with E-state index in [0.29, 0.717) is 49.8 Å². The van der Waals surface area contributed by atoms with Gasteiger partial charge in [-0.15, -0.1) is 0 Å². The lowest BCUT2D eigenvalue weighted by Gasteiger charge is -2.34. The lowest BCUT2D eigenvalue weighted by Crippen LogP contribution is -2.53. The van der Waals surface area contributed by atoms with Crippen LogP contribution in [0.4, 0.5) is 4.79 Å². The number of urea groups is 1. The number of nitriles is 1. The van der Waals surface area contributed by atoms with Gasteiger partial charge < -0.3 is 14.7 Å². The van der Waals surface area contributed by atoms with Crippen molar-refractivity contribution in [2.75, 3.05) is 32.7 Å². The molecule has 0 unspecified atom stereocenters. The van der Waals surface area contributed by atoms with E-state index in [4.69, 9.17) is 9.78 Å². The molecule has 3 rings (SSSR count). The molecule has 2 amide bonds. The fraction of sp³-hybridized carbons (Fsp3) is 0.500. The van der Waals surface area contributed by atoms with Crippen LogP contribution in [-0.2, 0) is 16.4 Å². The Balaban J connectivity index is 1.43. The van der Waals surface area contributed by atoms with Gasteiger partial charge in [-0.1, -0.05) is 19.0 Å². The minimum atomic E-state index is -3.65. The highest BCUT2D eigenvalue weighted by molar-refractivity contribution is 7.89. The molecule has 11 heteroatoms. The van der Waals surface area contributed by atoms with Crippen molar-refractivity contribution in [2.24, 2.45) is 0 Å². The molecule has 1 aromatic heterocycles. The number of benzene rings is 1.